The van der Waals surface area contributed by atoms with Gasteiger partial charge < -0.3 is 0 Å². The highest BCUT2D eigenvalue weighted by atomic mass is 15.4. The van der Waals surface area contributed by atoms with Crippen LogP contribution in [0.4, 0.5) is 0 Å². The molecule has 0 bridgehead atoms. The van der Waals surface area contributed by atoms with Crippen LogP contribution in [0.2, 0.25) is 0 Å². The maximum Gasteiger partial charge on any atom is 0.0809 e. The fourth-order valence-corrected chi connectivity index (χ4v) is 0.410. The minimum atomic E-state index is 0.836. The van der Waals surface area contributed by atoms with E-state index in [1.54, 1.807) is 6.20 Å². The second-order valence-corrected chi connectivity index (χ2v) is 1.43. The topological polar surface area (TPSA) is 30.7 Å². The van der Waals surface area contributed by atoms with Gasteiger partial charge in [0.05, 0.1) is 11.9 Å². The third kappa shape index (κ3) is 0.684. The van der Waals surface area contributed by atoms with Gasteiger partial charge in [0.25, 0.3) is 0 Å². The first-order chi connectivity index (χ1) is 3.83. The Balaban J connectivity index is 3.05. The van der Waals surface area contributed by atoms with E-state index in [-0.39, 0.29) is 0 Å². The summed E-state index contributed by atoms with van der Waals surface area (Å²) in [5.74, 6) is 0. The van der Waals surface area contributed by atoms with Gasteiger partial charge in [-0.3, -0.25) is 0 Å². The van der Waals surface area contributed by atoms with Crippen LogP contribution in [-0.4, -0.2) is 15.0 Å². The van der Waals surface area contributed by atoms with Crippen LogP contribution in [0, 0.1) is 19.4 Å². The van der Waals surface area contributed by atoms with E-state index in [0.717, 1.165) is 5.69 Å². The molecule has 0 radical (unpaired) electrons. The van der Waals surface area contributed by atoms with Crippen LogP contribution in [-0.2, 0) is 0 Å². The first kappa shape index (κ1) is 4.85. The molecule has 3 heteroatoms. The van der Waals surface area contributed by atoms with E-state index in [0.29, 0.717) is 0 Å². The summed E-state index contributed by atoms with van der Waals surface area (Å²) < 4.78 is 1.33. The molecule has 0 spiro atoms. The minimum Gasteiger partial charge on any atom is -0.177 e. The van der Waals surface area contributed by atoms with Gasteiger partial charge in [0.1, 0.15) is 0 Å². The second kappa shape index (κ2) is 1.66. The molecule has 1 heterocycles. The highest BCUT2D eigenvalue weighted by Gasteiger charge is 1.86. The van der Waals surface area contributed by atoms with Gasteiger partial charge in [0.2, 0.25) is 0 Å². The van der Waals surface area contributed by atoms with Crippen molar-refractivity contribution in [3.8, 4) is 12.5 Å². The van der Waals surface area contributed by atoms with Crippen LogP contribution in [0.5, 0.6) is 0 Å². The molecular weight excluding hydrogens is 102 g/mol. The molecule has 0 saturated heterocycles. The molecule has 0 amide bonds. The summed E-state index contributed by atoms with van der Waals surface area (Å²) in [6.07, 6.45) is 6.65. The van der Waals surface area contributed by atoms with Gasteiger partial charge in [-0.25, -0.2) is 0 Å². The summed E-state index contributed by atoms with van der Waals surface area (Å²) in [5, 5.41) is 7.22. The van der Waals surface area contributed by atoms with Crippen LogP contribution in [0.15, 0.2) is 6.20 Å². The average molecular weight is 107 g/mol. The normalized spacial score (nSPS) is 8.50. The van der Waals surface area contributed by atoms with Gasteiger partial charge in [0.15, 0.2) is 0 Å². The fourth-order valence-electron chi connectivity index (χ4n) is 0.410. The summed E-state index contributed by atoms with van der Waals surface area (Å²) in [4.78, 5) is 0. The molecule has 3 nitrogen and oxygen atoms in total. The van der Waals surface area contributed by atoms with Crippen molar-refractivity contribution in [3.05, 3.63) is 11.9 Å². The monoisotopic (exact) mass is 107 g/mol. The SMILES string of the molecule is C#Cn1cc(C)nn1. The molecule has 0 aliphatic carbocycles. The van der Waals surface area contributed by atoms with Crippen molar-refractivity contribution in [1.82, 2.24) is 15.0 Å². The molecule has 0 aromatic carbocycles. The van der Waals surface area contributed by atoms with E-state index >= 15 is 0 Å². The van der Waals surface area contributed by atoms with Crippen molar-refractivity contribution in [2.45, 2.75) is 6.92 Å². The van der Waals surface area contributed by atoms with Gasteiger partial charge in [-0.05, 0) is 6.92 Å². The molecule has 0 aliphatic rings. The quantitative estimate of drug-likeness (QED) is 0.438. The lowest BCUT2D eigenvalue weighted by Crippen LogP contribution is -1.86. The van der Waals surface area contributed by atoms with Crippen LogP contribution in [0.1, 0.15) is 5.69 Å². The van der Waals surface area contributed by atoms with Crippen LogP contribution >= 0.6 is 0 Å². The summed E-state index contributed by atoms with van der Waals surface area (Å²) in [5.41, 5.74) is 0.836. The third-order valence-electron chi connectivity index (χ3n) is 0.740. The van der Waals surface area contributed by atoms with E-state index in [1.165, 1.54) is 4.68 Å². The highest BCUT2D eigenvalue weighted by Crippen LogP contribution is 1.83. The lowest BCUT2D eigenvalue weighted by atomic mass is 10.6. The Bertz CT molecular complexity index is 218. The molecule has 0 saturated carbocycles. The van der Waals surface area contributed by atoms with Crippen molar-refractivity contribution in [1.29, 1.82) is 0 Å². The zero-order chi connectivity index (χ0) is 5.98. The van der Waals surface area contributed by atoms with Crippen molar-refractivity contribution >= 4 is 0 Å². The van der Waals surface area contributed by atoms with Gasteiger partial charge in [-0.15, -0.1) is 5.10 Å². The maximum atomic E-state index is 4.97. The first-order valence-electron chi connectivity index (χ1n) is 2.18. The minimum absolute atomic E-state index is 0.836. The predicted octanol–water partition coefficient (Wildman–Crippen LogP) is 0.0253. The number of aryl methyl sites for hydroxylation is 1. The smallest absolute Gasteiger partial charge is 0.0809 e. The van der Waals surface area contributed by atoms with Crippen molar-refractivity contribution in [2.75, 3.05) is 0 Å². The van der Waals surface area contributed by atoms with Gasteiger partial charge >= 0.3 is 0 Å². The van der Waals surface area contributed by atoms with Gasteiger partial charge in [-0.2, -0.15) is 4.68 Å². The largest absolute Gasteiger partial charge is 0.177 e. The Morgan fingerprint density at radius 2 is 2.62 bits per heavy atom. The number of hydrogen-bond acceptors (Lipinski definition) is 2. The number of aromatic nitrogens is 3. The highest BCUT2D eigenvalue weighted by molar-refractivity contribution is 4.95. The van der Waals surface area contributed by atoms with Crippen molar-refractivity contribution in [3.63, 3.8) is 0 Å². The first-order valence-corrected chi connectivity index (χ1v) is 2.18. The summed E-state index contributed by atoms with van der Waals surface area (Å²) in [6, 6.07) is 2.29. The average Bonchev–Trinajstić information content (AvgIpc) is 2.14. The summed E-state index contributed by atoms with van der Waals surface area (Å²) in [7, 11) is 0. The second-order valence-electron chi connectivity index (χ2n) is 1.43. The number of terminal acetylenes is 1. The molecule has 0 atom stereocenters. The van der Waals surface area contributed by atoms with E-state index in [2.05, 4.69) is 16.4 Å². The van der Waals surface area contributed by atoms with Crippen molar-refractivity contribution < 1.29 is 0 Å². The van der Waals surface area contributed by atoms with E-state index in [1.807, 2.05) is 6.92 Å². The van der Waals surface area contributed by atoms with Crippen molar-refractivity contribution in [2.24, 2.45) is 0 Å². The van der Waals surface area contributed by atoms with E-state index in [9.17, 15) is 0 Å². The number of rotatable bonds is 0. The number of hydrogen-bond donors (Lipinski definition) is 0. The van der Waals surface area contributed by atoms with Crippen LogP contribution < -0.4 is 0 Å². The molecule has 0 N–H and O–H groups in total. The summed E-state index contributed by atoms with van der Waals surface area (Å²) >= 11 is 0. The molecule has 40 valence electrons. The maximum absolute atomic E-state index is 4.97. The Morgan fingerprint density at radius 3 is 2.88 bits per heavy atom. The van der Waals surface area contributed by atoms with Crippen LogP contribution in [0.3, 0.4) is 0 Å². The molecule has 0 aliphatic heterocycles. The Hall–Kier alpha value is -1.30. The predicted molar refractivity (Wildman–Crippen MR) is 29.0 cm³/mol. The summed E-state index contributed by atoms with van der Waals surface area (Å²) in [6.45, 7) is 1.83. The third-order valence-corrected chi connectivity index (χ3v) is 0.740. The molecule has 0 unspecified atom stereocenters. The molecular formula is C5H5N3. The lowest BCUT2D eigenvalue weighted by Gasteiger charge is -1.74. The molecule has 1 aromatic rings. The molecule has 0 fully saturated rings. The Kier molecular flexibility index (Phi) is 1.01. The van der Waals surface area contributed by atoms with Gasteiger partial charge in [-0.1, -0.05) is 11.6 Å². The molecule has 1 aromatic heterocycles. The van der Waals surface area contributed by atoms with E-state index in [4.69, 9.17) is 6.42 Å². The standard InChI is InChI=1S/C5H5N3/c1-3-8-4-5(2)6-7-8/h1,4H,2H3. The molecule has 8 heavy (non-hydrogen) atoms. The lowest BCUT2D eigenvalue weighted by molar-refractivity contribution is 0.825. The van der Waals surface area contributed by atoms with E-state index < -0.39 is 0 Å². The Morgan fingerprint density at radius 1 is 1.88 bits per heavy atom. The fraction of sp³-hybridized carbons (Fsp3) is 0.200. The zero-order valence-corrected chi connectivity index (χ0v) is 4.50. The number of nitrogens with zero attached hydrogens (tertiary/aromatic N) is 3. The van der Waals surface area contributed by atoms with Crippen LogP contribution in [0.25, 0.3) is 0 Å². The Labute approximate surface area is 47.3 Å². The molecule has 1 rings (SSSR count). The zero-order valence-electron chi connectivity index (χ0n) is 4.50. The van der Waals surface area contributed by atoms with Gasteiger partial charge in [0, 0.05) is 6.04 Å².